The van der Waals surface area contributed by atoms with Crippen molar-refractivity contribution in [3.05, 3.63) is 6.92 Å². The zero-order valence-corrected chi connectivity index (χ0v) is 8.30. The van der Waals surface area contributed by atoms with E-state index in [0.29, 0.717) is 26.1 Å². The third kappa shape index (κ3) is 6.13. The molecule has 13 heavy (non-hydrogen) atoms. The lowest BCUT2D eigenvalue weighted by molar-refractivity contribution is -0.129. The largest absolute Gasteiger partial charge is 0.355 e. The Labute approximate surface area is 79.3 Å². The highest BCUT2D eigenvalue weighted by molar-refractivity contribution is 5.74. The molecule has 4 nitrogen and oxygen atoms in total. The monoisotopic (exact) mass is 185 g/mol. The summed E-state index contributed by atoms with van der Waals surface area (Å²) >= 11 is 0. The maximum Gasteiger partial charge on any atom is 0.219 e. The van der Waals surface area contributed by atoms with E-state index in [2.05, 4.69) is 12.2 Å². The van der Waals surface area contributed by atoms with Crippen LogP contribution in [0.15, 0.2) is 0 Å². The predicted octanol–water partition coefficient (Wildman–Crippen LogP) is 0.195. The molecule has 0 aromatic rings. The number of hydrogen-bond acceptors (Lipinski definition) is 2. The first-order valence-electron chi connectivity index (χ1n) is 4.37. The molecule has 0 aliphatic rings. The topological polar surface area (TPSA) is 49.4 Å². The van der Waals surface area contributed by atoms with E-state index in [1.807, 2.05) is 0 Å². The molecule has 75 valence electrons. The molecular formula is C9H17N2O2. The van der Waals surface area contributed by atoms with Gasteiger partial charge >= 0.3 is 0 Å². The summed E-state index contributed by atoms with van der Waals surface area (Å²) in [6.07, 6.45) is 0.694. The highest BCUT2D eigenvalue weighted by Crippen LogP contribution is 1.90. The Morgan fingerprint density at radius 2 is 1.92 bits per heavy atom. The van der Waals surface area contributed by atoms with Gasteiger partial charge in [0.05, 0.1) is 0 Å². The van der Waals surface area contributed by atoms with Crippen LogP contribution in [0.25, 0.3) is 0 Å². The van der Waals surface area contributed by atoms with Crippen molar-refractivity contribution < 1.29 is 9.59 Å². The number of hydrogen-bond donors (Lipinski definition) is 1. The van der Waals surface area contributed by atoms with Gasteiger partial charge in [-0.3, -0.25) is 9.59 Å². The van der Waals surface area contributed by atoms with Gasteiger partial charge in [-0.1, -0.05) is 6.92 Å². The van der Waals surface area contributed by atoms with E-state index >= 15 is 0 Å². The fourth-order valence-electron chi connectivity index (χ4n) is 0.984. The number of nitrogens with one attached hydrogen (secondary N) is 1. The molecule has 0 rings (SSSR count). The Balaban J connectivity index is 3.69. The van der Waals surface area contributed by atoms with Crippen LogP contribution in [-0.2, 0) is 9.59 Å². The molecule has 1 N–H and O–H groups in total. The van der Waals surface area contributed by atoms with Crippen LogP contribution in [0.5, 0.6) is 0 Å². The molecule has 0 fully saturated rings. The first-order valence-corrected chi connectivity index (χ1v) is 4.37. The highest BCUT2D eigenvalue weighted by Gasteiger charge is 2.05. The van der Waals surface area contributed by atoms with E-state index in [9.17, 15) is 9.59 Å². The minimum Gasteiger partial charge on any atom is -0.355 e. The van der Waals surface area contributed by atoms with Crippen molar-refractivity contribution in [3.8, 4) is 0 Å². The van der Waals surface area contributed by atoms with Gasteiger partial charge in [0.25, 0.3) is 0 Å². The second-order valence-electron chi connectivity index (χ2n) is 2.84. The molecular weight excluding hydrogens is 168 g/mol. The molecule has 0 unspecified atom stereocenters. The fraction of sp³-hybridized carbons (Fsp3) is 0.667. The van der Waals surface area contributed by atoms with Gasteiger partial charge in [-0.25, -0.2) is 0 Å². The van der Waals surface area contributed by atoms with Crippen molar-refractivity contribution >= 4 is 11.8 Å². The molecule has 0 heterocycles. The number of amides is 2. The Morgan fingerprint density at radius 3 is 2.31 bits per heavy atom. The molecule has 0 saturated carbocycles. The smallest absolute Gasteiger partial charge is 0.219 e. The summed E-state index contributed by atoms with van der Waals surface area (Å²) in [6, 6.07) is 0. The van der Waals surface area contributed by atoms with Gasteiger partial charge in [0.2, 0.25) is 11.8 Å². The number of carbonyl (C=O) groups excluding carboxylic acids is 2. The van der Waals surface area contributed by atoms with Gasteiger partial charge in [0.15, 0.2) is 0 Å². The summed E-state index contributed by atoms with van der Waals surface area (Å²) < 4.78 is 0. The van der Waals surface area contributed by atoms with Gasteiger partial charge < -0.3 is 10.2 Å². The molecule has 1 radical (unpaired) electrons. The highest BCUT2D eigenvalue weighted by atomic mass is 16.2. The standard InChI is InChI=1S/C9H17N2O2/c1-4-6-11(9(3)13)7-5-10-8(2)12/h1,4-7H2,2-3H3,(H,10,12). The zero-order chi connectivity index (χ0) is 10.3. The van der Waals surface area contributed by atoms with Crippen LogP contribution in [0.1, 0.15) is 20.3 Å². The summed E-state index contributed by atoms with van der Waals surface area (Å²) in [5, 5.41) is 2.64. The molecule has 0 aromatic carbocycles. The lowest BCUT2D eigenvalue weighted by Gasteiger charge is -2.19. The first kappa shape index (κ1) is 11.9. The van der Waals surface area contributed by atoms with E-state index in [-0.39, 0.29) is 11.8 Å². The van der Waals surface area contributed by atoms with Crippen LogP contribution in [0.4, 0.5) is 0 Å². The van der Waals surface area contributed by atoms with Crippen molar-refractivity contribution in [2.75, 3.05) is 19.6 Å². The molecule has 2 amide bonds. The Morgan fingerprint density at radius 1 is 1.31 bits per heavy atom. The summed E-state index contributed by atoms with van der Waals surface area (Å²) in [5.74, 6) is -0.0490. The number of rotatable bonds is 5. The van der Waals surface area contributed by atoms with Crippen LogP contribution in [0.2, 0.25) is 0 Å². The molecule has 0 bridgehead atoms. The van der Waals surface area contributed by atoms with Crippen LogP contribution in [0.3, 0.4) is 0 Å². The second kappa shape index (κ2) is 6.46. The molecule has 0 aliphatic carbocycles. The summed E-state index contributed by atoms with van der Waals surface area (Å²) in [5.41, 5.74) is 0. The second-order valence-corrected chi connectivity index (χ2v) is 2.84. The van der Waals surface area contributed by atoms with Crippen molar-refractivity contribution in [2.24, 2.45) is 0 Å². The van der Waals surface area contributed by atoms with Crippen molar-refractivity contribution in [1.29, 1.82) is 0 Å². The molecule has 0 aromatic heterocycles. The Hall–Kier alpha value is -1.06. The molecule has 0 saturated heterocycles. The van der Waals surface area contributed by atoms with E-state index in [1.165, 1.54) is 13.8 Å². The third-order valence-electron chi connectivity index (χ3n) is 1.63. The normalized spacial score (nSPS) is 9.46. The molecule has 0 atom stereocenters. The Kier molecular flexibility index (Phi) is 5.93. The van der Waals surface area contributed by atoms with Crippen molar-refractivity contribution in [2.45, 2.75) is 20.3 Å². The first-order chi connectivity index (χ1) is 6.07. The van der Waals surface area contributed by atoms with E-state index < -0.39 is 0 Å². The maximum absolute atomic E-state index is 11.0. The summed E-state index contributed by atoms with van der Waals surface area (Å²) in [7, 11) is 0. The lowest BCUT2D eigenvalue weighted by Crippen LogP contribution is -2.37. The lowest BCUT2D eigenvalue weighted by atomic mass is 10.4. The zero-order valence-electron chi connectivity index (χ0n) is 8.30. The van der Waals surface area contributed by atoms with E-state index in [4.69, 9.17) is 0 Å². The van der Waals surface area contributed by atoms with Crippen molar-refractivity contribution in [1.82, 2.24) is 10.2 Å². The minimum absolute atomic E-state index is 0.0222. The van der Waals surface area contributed by atoms with Gasteiger partial charge in [-0.15, -0.1) is 0 Å². The van der Waals surface area contributed by atoms with Crippen LogP contribution >= 0.6 is 0 Å². The summed E-state index contributed by atoms with van der Waals surface area (Å²) in [6.45, 7) is 8.36. The molecule has 0 aliphatic heterocycles. The number of nitrogens with zero attached hydrogens (tertiary/aromatic N) is 1. The fourth-order valence-corrected chi connectivity index (χ4v) is 0.984. The average Bonchev–Trinajstić information content (AvgIpc) is 2.02. The van der Waals surface area contributed by atoms with E-state index in [0.717, 1.165) is 0 Å². The van der Waals surface area contributed by atoms with Crippen LogP contribution in [-0.4, -0.2) is 36.3 Å². The quantitative estimate of drug-likeness (QED) is 0.665. The predicted molar refractivity (Wildman–Crippen MR) is 50.9 cm³/mol. The SMILES string of the molecule is [CH2]CCN(CCNC(C)=O)C(C)=O. The maximum atomic E-state index is 11.0. The van der Waals surface area contributed by atoms with Gasteiger partial charge in [-0.2, -0.15) is 0 Å². The van der Waals surface area contributed by atoms with Gasteiger partial charge in [0, 0.05) is 33.5 Å². The average molecular weight is 185 g/mol. The van der Waals surface area contributed by atoms with E-state index in [1.54, 1.807) is 4.90 Å². The molecule has 0 spiro atoms. The van der Waals surface area contributed by atoms with Crippen LogP contribution in [0, 0.1) is 6.92 Å². The summed E-state index contributed by atoms with van der Waals surface area (Å²) in [4.78, 5) is 23.2. The van der Waals surface area contributed by atoms with Crippen molar-refractivity contribution in [3.63, 3.8) is 0 Å². The van der Waals surface area contributed by atoms with Gasteiger partial charge in [-0.05, 0) is 6.42 Å². The van der Waals surface area contributed by atoms with Crippen LogP contribution < -0.4 is 5.32 Å². The van der Waals surface area contributed by atoms with Gasteiger partial charge in [0.1, 0.15) is 0 Å². The number of carbonyl (C=O) groups is 2. The Bertz CT molecular complexity index is 180. The minimum atomic E-state index is -0.0712. The molecule has 4 heteroatoms. The third-order valence-corrected chi connectivity index (χ3v) is 1.63.